The van der Waals surface area contributed by atoms with Crippen LogP contribution in [0.25, 0.3) is 0 Å². The van der Waals surface area contributed by atoms with Gasteiger partial charge < -0.3 is 0 Å². The van der Waals surface area contributed by atoms with E-state index in [4.69, 9.17) is 11.6 Å². The van der Waals surface area contributed by atoms with Gasteiger partial charge in [-0.25, -0.2) is 4.99 Å². The summed E-state index contributed by atoms with van der Waals surface area (Å²) in [6, 6.07) is 0. The minimum atomic E-state index is 0.683. The second-order valence-corrected chi connectivity index (χ2v) is 2.45. The molecule has 44 valence electrons. The summed E-state index contributed by atoms with van der Waals surface area (Å²) in [4.78, 5) is 4.03. The van der Waals surface area contributed by atoms with Gasteiger partial charge >= 0.3 is 0 Å². The van der Waals surface area contributed by atoms with Crippen LogP contribution in [0.1, 0.15) is 20.3 Å². The minimum Gasteiger partial charge on any atom is -0.246 e. The lowest BCUT2D eigenvalue weighted by atomic mass is 10.2. The minimum absolute atomic E-state index is 0.683. The van der Waals surface area contributed by atoms with E-state index >= 15 is 0 Å². The van der Waals surface area contributed by atoms with Gasteiger partial charge in [0.25, 0.3) is 0 Å². The Balaban J connectivity index is 2.79. The third-order valence-corrected chi connectivity index (χ3v) is 1.57. The number of halogens is 1. The first-order valence-corrected chi connectivity index (χ1v) is 2.97. The second kappa shape index (κ2) is 1.90. The van der Waals surface area contributed by atoms with E-state index in [9.17, 15) is 0 Å². The molecule has 1 heterocycles. The van der Waals surface area contributed by atoms with Crippen molar-refractivity contribution in [1.82, 2.24) is 0 Å². The molecule has 0 aromatic carbocycles. The summed E-state index contributed by atoms with van der Waals surface area (Å²) < 4.78 is 0. The van der Waals surface area contributed by atoms with Crippen molar-refractivity contribution in [2.75, 3.05) is 0 Å². The van der Waals surface area contributed by atoms with Crippen LogP contribution in [0.3, 0.4) is 0 Å². The first-order chi connectivity index (χ1) is 3.70. The lowest BCUT2D eigenvalue weighted by Crippen LogP contribution is -1.82. The maximum absolute atomic E-state index is 5.65. The molecule has 1 rings (SSSR count). The zero-order valence-corrected chi connectivity index (χ0v) is 5.79. The van der Waals surface area contributed by atoms with E-state index in [2.05, 4.69) is 4.99 Å². The summed E-state index contributed by atoms with van der Waals surface area (Å²) in [5.74, 6) is 0. The molecule has 1 nitrogen and oxygen atoms in total. The molecule has 0 amide bonds. The van der Waals surface area contributed by atoms with Crippen LogP contribution < -0.4 is 0 Å². The van der Waals surface area contributed by atoms with Crippen molar-refractivity contribution in [1.29, 1.82) is 0 Å². The van der Waals surface area contributed by atoms with Gasteiger partial charge in [-0.1, -0.05) is 11.6 Å². The Labute approximate surface area is 54.1 Å². The van der Waals surface area contributed by atoms with E-state index in [1.807, 2.05) is 13.8 Å². The molecule has 0 radical (unpaired) electrons. The number of nitrogens with zero attached hydrogens (tertiary/aromatic N) is 1. The zero-order valence-electron chi connectivity index (χ0n) is 5.03. The number of hydrogen-bond donors (Lipinski definition) is 0. The highest BCUT2D eigenvalue weighted by Gasteiger charge is 2.06. The molecule has 0 saturated heterocycles. The molecule has 1 aliphatic heterocycles. The summed E-state index contributed by atoms with van der Waals surface area (Å²) >= 11 is 5.65. The Hall–Kier alpha value is -0.300. The van der Waals surface area contributed by atoms with Crippen molar-refractivity contribution < 1.29 is 0 Å². The average Bonchev–Trinajstić information content (AvgIpc) is 1.85. The zero-order chi connectivity index (χ0) is 6.15. The lowest BCUT2D eigenvalue weighted by molar-refractivity contribution is 1.29. The van der Waals surface area contributed by atoms with Crippen LogP contribution in [0.15, 0.2) is 15.7 Å². The largest absolute Gasteiger partial charge is 0.246 e. The van der Waals surface area contributed by atoms with Crippen molar-refractivity contribution in [3.05, 3.63) is 10.7 Å². The quantitative estimate of drug-likeness (QED) is 0.445. The first kappa shape index (κ1) is 5.83. The van der Waals surface area contributed by atoms with Crippen molar-refractivity contribution in [2.24, 2.45) is 4.99 Å². The van der Waals surface area contributed by atoms with Crippen LogP contribution in [0.5, 0.6) is 0 Å². The van der Waals surface area contributed by atoms with Crippen LogP contribution >= 0.6 is 11.6 Å². The molecule has 0 saturated carbocycles. The smallest absolute Gasteiger partial charge is 0.128 e. The third-order valence-electron chi connectivity index (χ3n) is 1.16. The number of allylic oxidation sites excluding steroid dienone is 1. The summed E-state index contributed by atoms with van der Waals surface area (Å²) in [5, 5.41) is 0.683. The van der Waals surface area contributed by atoms with E-state index in [1.54, 1.807) is 0 Å². The van der Waals surface area contributed by atoms with Gasteiger partial charge in [-0.2, -0.15) is 0 Å². The van der Waals surface area contributed by atoms with Crippen molar-refractivity contribution in [3.63, 3.8) is 0 Å². The van der Waals surface area contributed by atoms with E-state index in [0.29, 0.717) is 5.16 Å². The Kier molecular flexibility index (Phi) is 1.39. The Bertz CT molecular complexity index is 167. The molecule has 0 unspecified atom stereocenters. The van der Waals surface area contributed by atoms with Gasteiger partial charge in [-0.3, -0.25) is 0 Å². The average molecular weight is 130 g/mol. The molecular formula is C6H8ClN. The van der Waals surface area contributed by atoms with Crippen LogP contribution in [0.4, 0.5) is 0 Å². The molecule has 8 heavy (non-hydrogen) atoms. The van der Waals surface area contributed by atoms with Gasteiger partial charge in [-0.05, 0) is 19.4 Å². The Morgan fingerprint density at radius 2 is 2.12 bits per heavy atom. The van der Waals surface area contributed by atoms with Crippen LogP contribution in [-0.2, 0) is 0 Å². The Morgan fingerprint density at radius 1 is 1.50 bits per heavy atom. The SMILES string of the molecule is CC1=NC(Cl)=C(C)C1. The predicted molar refractivity (Wildman–Crippen MR) is 36.3 cm³/mol. The highest BCUT2D eigenvalue weighted by atomic mass is 35.5. The molecular weight excluding hydrogens is 122 g/mol. The number of aliphatic imine (C=N–C) groups is 1. The van der Waals surface area contributed by atoms with E-state index in [1.165, 1.54) is 5.57 Å². The summed E-state index contributed by atoms with van der Waals surface area (Å²) in [6.07, 6.45) is 0.957. The molecule has 0 aromatic rings. The third kappa shape index (κ3) is 0.920. The summed E-state index contributed by atoms with van der Waals surface area (Å²) in [7, 11) is 0. The van der Waals surface area contributed by atoms with Gasteiger partial charge in [-0.15, -0.1) is 0 Å². The standard InChI is InChI=1S/C6H8ClN/c1-4-3-5(2)8-6(4)7/h3H2,1-2H3. The van der Waals surface area contributed by atoms with E-state index < -0.39 is 0 Å². The molecule has 2 heteroatoms. The van der Waals surface area contributed by atoms with Crippen molar-refractivity contribution in [3.8, 4) is 0 Å². The molecule has 0 bridgehead atoms. The lowest BCUT2D eigenvalue weighted by Gasteiger charge is -1.85. The fourth-order valence-electron chi connectivity index (χ4n) is 0.759. The van der Waals surface area contributed by atoms with Gasteiger partial charge in [0, 0.05) is 12.1 Å². The van der Waals surface area contributed by atoms with E-state index in [0.717, 1.165) is 12.1 Å². The van der Waals surface area contributed by atoms with Gasteiger partial charge in [0.05, 0.1) is 0 Å². The maximum atomic E-state index is 5.65. The van der Waals surface area contributed by atoms with Gasteiger partial charge in [0.2, 0.25) is 0 Å². The molecule has 0 aromatic heterocycles. The Morgan fingerprint density at radius 3 is 2.25 bits per heavy atom. The van der Waals surface area contributed by atoms with Gasteiger partial charge in [0.1, 0.15) is 5.16 Å². The van der Waals surface area contributed by atoms with Crippen LogP contribution in [0, 0.1) is 0 Å². The predicted octanol–water partition coefficient (Wildman–Crippen LogP) is 2.32. The fraction of sp³-hybridized carbons (Fsp3) is 0.500. The van der Waals surface area contributed by atoms with Crippen molar-refractivity contribution >= 4 is 17.3 Å². The topological polar surface area (TPSA) is 12.4 Å². The molecule has 1 aliphatic rings. The van der Waals surface area contributed by atoms with E-state index in [-0.39, 0.29) is 0 Å². The highest BCUT2D eigenvalue weighted by Crippen LogP contribution is 2.21. The second-order valence-electron chi connectivity index (χ2n) is 2.09. The maximum Gasteiger partial charge on any atom is 0.128 e. The number of rotatable bonds is 0. The summed E-state index contributed by atoms with van der Waals surface area (Å²) in [6.45, 7) is 3.99. The van der Waals surface area contributed by atoms with Crippen molar-refractivity contribution in [2.45, 2.75) is 20.3 Å². The molecule has 0 atom stereocenters. The summed E-state index contributed by atoms with van der Waals surface area (Å²) in [5.41, 5.74) is 2.30. The fourth-order valence-corrected chi connectivity index (χ4v) is 0.970. The number of hydrogen-bond acceptors (Lipinski definition) is 1. The molecule has 0 spiro atoms. The first-order valence-electron chi connectivity index (χ1n) is 2.59. The monoisotopic (exact) mass is 129 g/mol. The van der Waals surface area contributed by atoms with Crippen LogP contribution in [0.2, 0.25) is 0 Å². The van der Waals surface area contributed by atoms with Gasteiger partial charge in [0.15, 0.2) is 0 Å². The highest BCUT2D eigenvalue weighted by molar-refractivity contribution is 6.31. The molecule has 0 N–H and O–H groups in total. The molecule has 0 aliphatic carbocycles. The normalized spacial score (nSPS) is 19.6. The van der Waals surface area contributed by atoms with Crippen LogP contribution in [-0.4, -0.2) is 5.71 Å². The molecule has 0 fully saturated rings.